The van der Waals surface area contributed by atoms with E-state index in [-0.39, 0.29) is 0 Å². The summed E-state index contributed by atoms with van der Waals surface area (Å²) in [5.41, 5.74) is 2.84. The monoisotopic (exact) mass is 1290 g/mol. The van der Waals surface area contributed by atoms with E-state index in [0.717, 1.165) is 19.0 Å². The molecule has 0 aliphatic rings. The molecular formula is C46H48Br4Cl4Si2Zr2. The molecule has 0 fully saturated rings. The molecule has 0 aliphatic carbocycles. The second-order valence-corrected chi connectivity index (χ2v) is 25.9. The van der Waals surface area contributed by atoms with Crippen LogP contribution >= 0.6 is 97.8 Å². The van der Waals surface area contributed by atoms with E-state index < -0.39 is 41.7 Å². The molecule has 0 unspecified atom stereocenters. The Kier molecular flexibility index (Phi) is 32.4. The molecule has 8 rings (SSSR count). The van der Waals surface area contributed by atoms with E-state index in [2.05, 4.69) is 239 Å². The Balaban J connectivity index is 0.000000356. The van der Waals surface area contributed by atoms with Gasteiger partial charge in [-0.1, -0.05) is 142 Å². The molecule has 304 valence electrons. The Labute approximate surface area is 423 Å². The summed E-state index contributed by atoms with van der Waals surface area (Å²) < 4.78 is 4.74. The Bertz CT molecular complexity index is 2110. The zero-order valence-electron chi connectivity index (χ0n) is 33.9. The molecular weight excluding hydrogens is 1250 g/mol. The second-order valence-electron chi connectivity index (χ2n) is 13.1. The minimum atomic E-state index is -0.826. The van der Waals surface area contributed by atoms with Gasteiger partial charge in [0.05, 0.1) is 0 Å². The summed E-state index contributed by atoms with van der Waals surface area (Å²) >= 11 is 12.4. The summed E-state index contributed by atoms with van der Waals surface area (Å²) in [5.74, 6) is 1.22. The van der Waals surface area contributed by atoms with Gasteiger partial charge in [-0.25, -0.2) is 0 Å². The van der Waals surface area contributed by atoms with Gasteiger partial charge in [-0.3, -0.25) is 0 Å². The Morgan fingerprint density at radius 2 is 0.707 bits per heavy atom. The zero-order chi connectivity index (χ0) is 43.6. The van der Waals surface area contributed by atoms with E-state index in [9.17, 15) is 0 Å². The molecule has 0 nitrogen and oxygen atoms in total. The van der Waals surface area contributed by atoms with Gasteiger partial charge in [0.15, 0.2) is 0 Å². The summed E-state index contributed by atoms with van der Waals surface area (Å²) in [4.78, 5) is 0. The fourth-order valence-electron chi connectivity index (χ4n) is 5.35. The maximum absolute atomic E-state index is 4.93. The van der Waals surface area contributed by atoms with Crippen molar-refractivity contribution in [1.29, 1.82) is 0 Å². The van der Waals surface area contributed by atoms with Gasteiger partial charge in [0.25, 0.3) is 0 Å². The topological polar surface area (TPSA) is 0 Å². The number of halogens is 8. The van der Waals surface area contributed by atoms with Gasteiger partial charge in [-0.15, -0.1) is 127 Å². The quantitative estimate of drug-likeness (QED) is 0.120. The third kappa shape index (κ3) is 20.4. The van der Waals surface area contributed by atoms with Gasteiger partial charge in [0, 0.05) is 19.0 Å². The summed E-state index contributed by atoms with van der Waals surface area (Å²) in [6.07, 6.45) is 0. The molecule has 0 bridgehead atoms. The number of hydrogen-bond acceptors (Lipinski definition) is 0. The normalized spacial score (nSPS) is 9.69. The predicted octanol–water partition coefficient (Wildman–Crippen LogP) is 19.9. The predicted molar refractivity (Wildman–Crippen MR) is 276 cm³/mol. The fraction of sp³-hybridized carbons (Fsp3) is 0.217. The molecule has 0 heterocycles. The molecule has 0 atom stereocenters. The van der Waals surface area contributed by atoms with Gasteiger partial charge in [-0.2, -0.15) is 36.4 Å². The van der Waals surface area contributed by atoms with Gasteiger partial charge < -0.3 is 0 Å². The first-order chi connectivity index (χ1) is 27.8. The maximum atomic E-state index is 4.93. The number of fused-ring (bicyclic) bond motifs is 4. The van der Waals surface area contributed by atoms with Crippen molar-refractivity contribution in [3.63, 3.8) is 0 Å². The van der Waals surface area contributed by atoms with Crippen molar-refractivity contribution in [2.45, 2.75) is 65.7 Å². The third-order valence-corrected chi connectivity index (χ3v) is 10.8. The van der Waals surface area contributed by atoms with E-state index in [1.165, 1.54) is 72.1 Å². The minimum absolute atomic E-state index is 0.610. The second kappa shape index (κ2) is 33.2. The molecule has 0 aromatic heterocycles. The Hall–Kier alpha value is 0.600. The van der Waals surface area contributed by atoms with Crippen molar-refractivity contribution < 1.29 is 41.7 Å². The molecule has 0 spiro atoms. The SMILES string of the molecule is Brc1cccc2[cH-]ccc12.Brc1cccc2[cH-]ccc12.CC(C)c1cc2c(Br)cccc2[cH-]1.CC(C)c1cc2c(Br)cccc2[cH-]1.C[Si]C.C[Si]C.[Cl][Zr+2][Cl].[Cl][Zr+2][Cl]. The van der Waals surface area contributed by atoms with Crippen molar-refractivity contribution in [2.75, 3.05) is 0 Å². The van der Waals surface area contributed by atoms with E-state index in [0.29, 0.717) is 11.8 Å². The van der Waals surface area contributed by atoms with Gasteiger partial charge in [0.1, 0.15) is 0 Å². The van der Waals surface area contributed by atoms with Crippen LogP contribution in [-0.4, -0.2) is 19.0 Å². The summed E-state index contributed by atoms with van der Waals surface area (Å²) in [5, 5.41) is 10.5. The molecule has 8 aromatic rings. The molecule has 0 saturated heterocycles. The average molecular weight is 1300 g/mol. The van der Waals surface area contributed by atoms with Gasteiger partial charge >= 0.3 is 75.7 Å². The van der Waals surface area contributed by atoms with Crippen molar-refractivity contribution in [1.82, 2.24) is 0 Å². The van der Waals surface area contributed by atoms with Crippen LogP contribution in [0.25, 0.3) is 43.1 Å². The molecule has 0 N–H and O–H groups in total. The number of benzene rings is 4. The standard InChI is InChI=1S/2C12H12Br.2C9H6Br.2C2H6Si.4ClH.2Zr/c2*1-8(2)10-6-9-4-3-5-12(13)11(9)7-10;2*10-9-6-2-4-7-3-1-5-8(7)9;2*1-3-2;;;;;;/h2*3-8H,1-2H3;2*1-6H;2*1-2H3;4*1H;;/q4*-1;;;;;;;2*+4/p-4. The molecule has 58 heavy (non-hydrogen) atoms. The van der Waals surface area contributed by atoms with E-state index in [1.54, 1.807) is 0 Å². The van der Waals surface area contributed by atoms with Gasteiger partial charge in [0.2, 0.25) is 0 Å². The molecule has 0 aliphatic heterocycles. The van der Waals surface area contributed by atoms with E-state index in [4.69, 9.17) is 34.1 Å². The van der Waals surface area contributed by atoms with Crippen LogP contribution in [0.2, 0.25) is 26.2 Å². The molecule has 0 saturated carbocycles. The average Bonchev–Trinajstić information content (AvgIpc) is 4.01. The van der Waals surface area contributed by atoms with Gasteiger partial charge in [-0.05, 0) is 29.7 Å². The fourth-order valence-corrected chi connectivity index (χ4v) is 7.37. The molecule has 12 heteroatoms. The van der Waals surface area contributed by atoms with Crippen molar-refractivity contribution in [3.8, 4) is 0 Å². The van der Waals surface area contributed by atoms with Crippen molar-refractivity contribution in [2.24, 2.45) is 0 Å². The number of rotatable bonds is 2. The molecule has 8 aromatic carbocycles. The first kappa shape index (κ1) is 56.6. The zero-order valence-corrected chi connectivity index (χ0v) is 50.2. The van der Waals surface area contributed by atoms with Crippen LogP contribution in [0.1, 0.15) is 50.7 Å². The van der Waals surface area contributed by atoms with Crippen LogP contribution < -0.4 is 0 Å². The van der Waals surface area contributed by atoms with E-state index in [1.807, 2.05) is 12.1 Å². The summed E-state index contributed by atoms with van der Waals surface area (Å²) in [6, 6.07) is 46.7. The first-order valence-electron chi connectivity index (χ1n) is 18.2. The first-order valence-corrected chi connectivity index (χ1v) is 38.0. The van der Waals surface area contributed by atoms with Crippen LogP contribution in [0.15, 0.2) is 151 Å². The van der Waals surface area contributed by atoms with Crippen molar-refractivity contribution in [3.05, 3.63) is 162 Å². The van der Waals surface area contributed by atoms with E-state index >= 15 is 0 Å². The molecule has 0 amide bonds. The summed E-state index contributed by atoms with van der Waals surface area (Å²) in [7, 11) is 21.9. The van der Waals surface area contributed by atoms with Crippen LogP contribution in [0.3, 0.4) is 0 Å². The Morgan fingerprint density at radius 3 is 0.948 bits per heavy atom. The number of hydrogen-bond donors (Lipinski definition) is 0. The van der Waals surface area contributed by atoms with Crippen LogP contribution in [0.4, 0.5) is 0 Å². The summed E-state index contributed by atoms with van der Waals surface area (Å²) in [6.45, 7) is 17.5. The van der Waals surface area contributed by atoms with Crippen LogP contribution in [-0.2, 0) is 41.7 Å². The Morgan fingerprint density at radius 1 is 0.448 bits per heavy atom. The third-order valence-electron chi connectivity index (χ3n) is 8.02. The van der Waals surface area contributed by atoms with Crippen LogP contribution in [0.5, 0.6) is 0 Å². The molecule has 4 radical (unpaired) electrons. The van der Waals surface area contributed by atoms with Crippen molar-refractivity contribution >= 4 is 160 Å². The van der Waals surface area contributed by atoms with Crippen LogP contribution in [0, 0.1) is 0 Å².